The molecule has 8 nitrogen and oxygen atoms in total. The molecule has 0 saturated heterocycles. The van der Waals surface area contributed by atoms with Crippen molar-refractivity contribution < 1.29 is 18.0 Å². The Morgan fingerprint density at radius 3 is 2.39 bits per heavy atom. The minimum absolute atomic E-state index is 0.0386. The molecule has 11 heteroatoms. The average molecular weight is 457 g/mol. The van der Waals surface area contributed by atoms with Gasteiger partial charge in [-0.1, -0.05) is 12.1 Å². The minimum atomic E-state index is -0.845. The molecule has 170 valence electrons. The molecule has 0 bridgehead atoms. The molecule has 0 saturated carbocycles. The van der Waals surface area contributed by atoms with Crippen LogP contribution < -0.4 is 16.6 Å². The van der Waals surface area contributed by atoms with E-state index in [1.807, 2.05) is 0 Å². The fourth-order valence-electron chi connectivity index (χ4n) is 3.38. The normalized spacial score (nSPS) is 11.2. The largest absolute Gasteiger partial charge is 0.332 e. The first-order valence-electron chi connectivity index (χ1n) is 9.97. The van der Waals surface area contributed by atoms with E-state index in [9.17, 15) is 27.6 Å². The van der Waals surface area contributed by atoms with Gasteiger partial charge in [-0.25, -0.2) is 18.0 Å². The highest BCUT2D eigenvalue weighted by Gasteiger charge is 2.19. The number of halogens is 3. The average Bonchev–Trinajstić information content (AvgIpc) is 3.23. The molecule has 2 aromatic carbocycles. The first kappa shape index (κ1) is 22.1. The number of hydrogen-bond acceptors (Lipinski definition) is 4. The van der Waals surface area contributed by atoms with E-state index in [1.165, 1.54) is 35.1 Å². The molecule has 2 aromatic heterocycles. The highest BCUT2D eigenvalue weighted by molar-refractivity contribution is 5.91. The van der Waals surface area contributed by atoms with Gasteiger partial charge in [0.2, 0.25) is 5.91 Å². The fourth-order valence-corrected chi connectivity index (χ4v) is 3.38. The molecule has 0 fully saturated rings. The third-order valence-corrected chi connectivity index (χ3v) is 5.02. The summed E-state index contributed by atoms with van der Waals surface area (Å²) in [5.41, 5.74) is -1.28. The highest BCUT2D eigenvalue weighted by Crippen LogP contribution is 2.15. The molecule has 1 N–H and O–H groups in total. The number of hydrogen-bond donors (Lipinski definition) is 1. The van der Waals surface area contributed by atoms with Crippen molar-refractivity contribution in [3.63, 3.8) is 0 Å². The Kier molecular flexibility index (Phi) is 5.86. The van der Waals surface area contributed by atoms with Crippen LogP contribution >= 0.6 is 0 Å². The first-order valence-corrected chi connectivity index (χ1v) is 9.97. The number of nitrogens with one attached hydrogen (secondary N) is 1. The van der Waals surface area contributed by atoms with Crippen molar-refractivity contribution in [2.45, 2.75) is 26.6 Å². The number of rotatable bonds is 6. The van der Waals surface area contributed by atoms with E-state index in [2.05, 4.69) is 10.4 Å². The van der Waals surface area contributed by atoms with Crippen LogP contribution in [0.2, 0.25) is 0 Å². The van der Waals surface area contributed by atoms with Gasteiger partial charge in [-0.3, -0.25) is 23.4 Å². The molecule has 0 aliphatic rings. The third kappa shape index (κ3) is 4.43. The maximum Gasteiger partial charge on any atom is 0.332 e. The second kappa shape index (κ2) is 8.77. The summed E-state index contributed by atoms with van der Waals surface area (Å²) in [6, 6.07) is 7.84. The topological polar surface area (TPSA) is 90.9 Å². The summed E-state index contributed by atoms with van der Waals surface area (Å²) < 4.78 is 43.9. The zero-order valence-electron chi connectivity index (χ0n) is 17.4. The van der Waals surface area contributed by atoms with Crippen LogP contribution in [0.1, 0.15) is 12.5 Å². The van der Waals surface area contributed by atoms with Crippen LogP contribution in [0.4, 0.5) is 18.9 Å². The molecule has 4 rings (SSSR count). The lowest BCUT2D eigenvalue weighted by molar-refractivity contribution is -0.116. The number of benzene rings is 2. The van der Waals surface area contributed by atoms with Gasteiger partial charge in [0.15, 0.2) is 5.52 Å². The SMILES string of the molecule is CCn1cc2c(n1)c(=O)n(Cc1ccc(F)cc1)c(=O)n2CC(=O)Nc1cc(F)ccc1F. The van der Waals surface area contributed by atoms with Crippen molar-refractivity contribution in [1.82, 2.24) is 18.9 Å². The maximum atomic E-state index is 13.9. The molecular weight excluding hydrogens is 439 g/mol. The van der Waals surface area contributed by atoms with E-state index < -0.39 is 41.2 Å². The van der Waals surface area contributed by atoms with Gasteiger partial charge in [0.1, 0.15) is 24.0 Å². The number of aryl methyl sites for hydroxylation is 1. The van der Waals surface area contributed by atoms with E-state index in [4.69, 9.17) is 0 Å². The summed E-state index contributed by atoms with van der Waals surface area (Å²) in [4.78, 5) is 38.7. The number of anilines is 1. The summed E-state index contributed by atoms with van der Waals surface area (Å²) in [6.45, 7) is 1.43. The maximum absolute atomic E-state index is 13.9. The van der Waals surface area contributed by atoms with Crippen LogP contribution in [0.15, 0.2) is 58.3 Å². The van der Waals surface area contributed by atoms with Crippen molar-refractivity contribution in [2.24, 2.45) is 0 Å². The molecule has 0 aliphatic carbocycles. The number of nitrogens with zero attached hydrogens (tertiary/aromatic N) is 4. The molecule has 0 aliphatic heterocycles. The summed E-state index contributed by atoms with van der Waals surface area (Å²) in [7, 11) is 0. The lowest BCUT2D eigenvalue weighted by atomic mass is 10.2. The van der Waals surface area contributed by atoms with E-state index in [0.29, 0.717) is 12.1 Å². The van der Waals surface area contributed by atoms with Crippen molar-refractivity contribution in [3.05, 3.63) is 92.5 Å². The Bertz CT molecular complexity index is 1470. The van der Waals surface area contributed by atoms with Crippen LogP contribution in [0.25, 0.3) is 11.0 Å². The van der Waals surface area contributed by atoms with E-state index >= 15 is 0 Å². The molecular formula is C22H18F3N5O3. The second-order valence-corrected chi connectivity index (χ2v) is 7.28. The smallest absolute Gasteiger partial charge is 0.322 e. The third-order valence-electron chi connectivity index (χ3n) is 5.02. The second-order valence-electron chi connectivity index (χ2n) is 7.28. The minimum Gasteiger partial charge on any atom is -0.322 e. The van der Waals surface area contributed by atoms with Gasteiger partial charge in [0.25, 0.3) is 5.56 Å². The lowest BCUT2D eigenvalue weighted by Gasteiger charge is -2.12. The molecule has 4 aromatic rings. The van der Waals surface area contributed by atoms with E-state index in [1.54, 1.807) is 6.92 Å². The predicted molar refractivity (Wildman–Crippen MR) is 114 cm³/mol. The number of carbonyl (C=O) groups excluding carboxylic acids is 1. The fraction of sp³-hybridized carbons (Fsp3) is 0.182. The van der Waals surface area contributed by atoms with Gasteiger partial charge < -0.3 is 5.32 Å². The number of amides is 1. The van der Waals surface area contributed by atoms with E-state index in [0.717, 1.165) is 27.3 Å². The summed E-state index contributed by atoms with van der Waals surface area (Å²) in [5, 5.41) is 6.42. The van der Waals surface area contributed by atoms with Crippen molar-refractivity contribution in [1.29, 1.82) is 0 Å². The Hall–Kier alpha value is -4.15. The van der Waals surface area contributed by atoms with Gasteiger partial charge in [0.05, 0.1) is 17.7 Å². The van der Waals surface area contributed by atoms with Gasteiger partial charge in [-0.05, 0) is 36.8 Å². The Balaban J connectivity index is 1.77. The van der Waals surface area contributed by atoms with Gasteiger partial charge in [0, 0.05) is 18.8 Å². The molecule has 2 heterocycles. The standard InChI is InChI=1S/C22H18F3N5O3/c1-2-28-11-18-20(27-28)21(32)30(10-13-3-5-14(23)6-4-13)22(33)29(18)12-19(31)26-17-9-15(24)7-8-16(17)25/h3-9,11H,2,10,12H2,1H3,(H,26,31). The quantitative estimate of drug-likeness (QED) is 0.482. The van der Waals surface area contributed by atoms with Gasteiger partial charge >= 0.3 is 5.69 Å². The molecule has 0 atom stereocenters. The Morgan fingerprint density at radius 1 is 1.00 bits per heavy atom. The molecule has 0 unspecified atom stereocenters. The zero-order valence-corrected chi connectivity index (χ0v) is 17.4. The number of fused-ring (bicyclic) bond motifs is 1. The summed E-state index contributed by atoms with van der Waals surface area (Å²) >= 11 is 0. The van der Waals surface area contributed by atoms with Gasteiger partial charge in [-0.2, -0.15) is 5.10 Å². The van der Waals surface area contributed by atoms with Crippen molar-refractivity contribution in [2.75, 3.05) is 5.32 Å². The van der Waals surface area contributed by atoms with Crippen LogP contribution in [0.3, 0.4) is 0 Å². The van der Waals surface area contributed by atoms with Crippen LogP contribution in [0.5, 0.6) is 0 Å². The summed E-state index contributed by atoms with van der Waals surface area (Å²) in [5.74, 6) is -2.87. The number of carbonyl (C=O) groups is 1. The molecule has 0 radical (unpaired) electrons. The van der Waals surface area contributed by atoms with Crippen LogP contribution in [-0.2, 0) is 24.4 Å². The predicted octanol–water partition coefficient (Wildman–Crippen LogP) is 2.48. The molecule has 33 heavy (non-hydrogen) atoms. The molecule has 0 spiro atoms. The molecule has 1 amide bonds. The van der Waals surface area contributed by atoms with Gasteiger partial charge in [-0.15, -0.1) is 0 Å². The van der Waals surface area contributed by atoms with Crippen molar-refractivity contribution >= 4 is 22.6 Å². The van der Waals surface area contributed by atoms with E-state index in [-0.39, 0.29) is 23.3 Å². The Morgan fingerprint density at radius 2 is 1.70 bits per heavy atom. The highest BCUT2D eigenvalue weighted by atomic mass is 19.1. The van der Waals surface area contributed by atoms with Crippen molar-refractivity contribution in [3.8, 4) is 0 Å². The lowest BCUT2D eigenvalue weighted by Crippen LogP contribution is -2.41. The van der Waals surface area contributed by atoms with Crippen LogP contribution in [-0.4, -0.2) is 24.8 Å². The monoisotopic (exact) mass is 457 g/mol. The number of aromatic nitrogens is 4. The Labute approximate surface area is 184 Å². The first-order chi connectivity index (χ1) is 15.8. The summed E-state index contributed by atoms with van der Waals surface area (Å²) in [6.07, 6.45) is 1.45. The zero-order chi connectivity index (χ0) is 23.7. The van der Waals surface area contributed by atoms with Crippen LogP contribution in [0, 0.1) is 17.5 Å².